The summed E-state index contributed by atoms with van der Waals surface area (Å²) in [6, 6.07) is 20.6. The maximum atomic E-state index is 10.7. The van der Waals surface area contributed by atoms with E-state index in [1.165, 1.54) is 5.56 Å². The quantitative estimate of drug-likeness (QED) is 0.381. The second-order valence-corrected chi connectivity index (χ2v) is 11.1. The van der Waals surface area contributed by atoms with Gasteiger partial charge in [0.05, 0.1) is 17.1 Å². The summed E-state index contributed by atoms with van der Waals surface area (Å²) in [5, 5.41) is 14.3. The van der Waals surface area contributed by atoms with E-state index < -0.39 is 5.60 Å². The van der Waals surface area contributed by atoms with Crippen molar-refractivity contribution >= 4 is 0 Å². The first-order valence-corrected chi connectivity index (χ1v) is 12.8. The lowest BCUT2D eigenvalue weighted by molar-refractivity contribution is 0.0740. The highest BCUT2D eigenvalue weighted by Crippen LogP contribution is 2.31. The first-order valence-electron chi connectivity index (χ1n) is 12.8. The maximum absolute atomic E-state index is 10.7. The molecule has 4 heterocycles. The predicted octanol–water partition coefficient (Wildman–Crippen LogP) is 5.28. The molecule has 0 radical (unpaired) electrons. The van der Waals surface area contributed by atoms with Crippen LogP contribution in [0.15, 0.2) is 79.3 Å². The molecule has 2 N–H and O–H groups in total. The molecule has 1 aliphatic rings. The summed E-state index contributed by atoms with van der Waals surface area (Å²) in [5.41, 5.74) is 6.55. The van der Waals surface area contributed by atoms with Crippen LogP contribution in [-0.2, 0) is 12.1 Å². The monoisotopic (exact) mass is 493 g/mol. The first-order chi connectivity index (χ1) is 17.7. The van der Waals surface area contributed by atoms with Gasteiger partial charge in [0.2, 0.25) is 0 Å². The van der Waals surface area contributed by atoms with Gasteiger partial charge >= 0.3 is 0 Å². The topological polar surface area (TPSA) is 74.2 Å². The molecule has 0 saturated carbocycles. The largest absolute Gasteiger partial charge is 0.384 e. The minimum Gasteiger partial charge on any atom is -0.384 e. The maximum Gasteiger partial charge on any atom is 0.101 e. The van der Waals surface area contributed by atoms with Gasteiger partial charge in [-0.25, -0.2) is 4.98 Å². The van der Waals surface area contributed by atoms with E-state index in [1.54, 1.807) is 20.0 Å². The first kappa shape index (κ1) is 25.2. The molecule has 0 amide bonds. The lowest BCUT2D eigenvalue weighted by Crippen LogP contribution is -2.56. The lowest BCUT2D eigenvalue weighted by Gasteiger charge is -2.39. The fourth-order valence-electron chi connectivity index (χ4n) is 4.85. The second-order valence-electron chi connectivity index (χ2n) is 11.1. The van der Waals surface area contributed by atoms with Gasteiger partial charge in [-0.1, -0.05) is 30.3 Å². The molecule has 0 spiro atoms. The summed E-state index contributed by atoms with van der Waals surface area (Å²) in [6.07, 6.45) is 5.51. The number of nitrogens with zero attached hydrogens (tertiary/aromatic N) is 4. The van der Waals surface area contributed by atoms with Crippen molar-refractivity contribution in [2.75, 3.05) is 19.6 Å². The van der Waals surface area contributed by atoms with E-state index >= 15 is 0 Å². The van der Waals surface area contributed by atoms with Crippen molar-refractivity contribution in [3.8, 4) is 33.6 Å². The summed E-state index contributed by atoms with van der Waals surface area (Å²) >= 11 is 0. The molecular weight excluding hydrogens is 458 g/mol. The molecule has 1 aromatic carbocycles. The average Bonchev–Trinajstić information content (AvgIpc) is 2.88. The number of nitrogens with one attached hydrogen (secondary N) is 1. The summed E-state index contributed by atoms with van der Waals surface area (Å²) in [6.45, 7) is 12.1. The SMILES string of the molecule is CC1(C)CN(Cc2ccc(-c3cncc(-c4cc(-c5ccccn5)nc(C(C)(C)O)c4)c3)cc2)CCN1. The Kier molecular flexibility index (Phi) is 6.90. The molecule has 6 nitrogen and oxygen atoms in total. The van der Waals surface area contributed by atoms with Crippen LogP contribution in [-0.4, -0.2) is 50.1 Å². The zero-order chi connectivity index (χ0) is 26.0. The van der Waals surface area contributed by atoms with E-state index in [1.807, 2.05) is 42.7 Å². The molecule has 0 atom stereocenters. The number of aliphatic hydroxyl groups is 1. The van der Waals surface area contributed by atoms with Crippen molar-refractivity contribution in [2.24, 2.45) is 0 Å². The third-order valence-electron chi connectivity index (χ3n) is 6.80. The zero-order valence-corrected chi connectivity index (χ0v) is 22.1. The Morgan fingerprint density at radius 2 is 1.68 bits per heavy atom. The van der Waals surface area contributed by atoms with Crippen LogP contribution < -0.4 is 5.32 Å². The van der Waals surface area contributed by atoms with Gasteiger partial charge < -0.3 is 10.4 Å². The van der Waals surface area contributed by atoms with Gasteiger partial charge in [-0.15, -0.1) is 0 Å². The zero-order valence-electron chi connectivity index (χ0n) is 22.1. The van der Waals surface area contributed by atoms with Crippen LogP contribution in [0.5, 0.6) is 0 Å². The van der Waals surface area contributed by atoms with Crippen molar-refractivity contribution < 1.29 is 5.11 Å². The van der Waals surface area contributed by atoms with E-state index in [2.05, 4.69) is 64.4 Å². The van der Waals surface area contributed by atoms with Gasteiger partial charge in [0.1, 0.15) is 5.60 Å². The summed E-state index contributed by atoms with van der Waals surface area (Å²) < 4.78 is 0. The number of hydrogen-bond donors (Lipinski definition) is 2. The number of benzene rings is 1. The van der Waals surface area contributed by atoms with Crippen LogP contribution in [0.4, 0.5) is 0 Å². The van der Waals surface area contributed by atoms with Gasteiger partial charge in [0.15, 0.2) is 0 Å². The van der Waals surface area contributed by atoms with E-state index in [-0.39, 0.29) is 5.54 Å². The molecule has 0 unspecified atom stereocenters. The summed E-state index contributed by atoms with van der Waals surface area (Å²) in [4.78, 5) is 16.2. The van der Waals surface area contributed by atoms with E-state index in [0.717, 1.165) is 59.8 Å². The Morgan fingerprint density at radius 3 is 2.35 bits per heavy atom. The molecule has 1 fully saturated rings. The minimum atomic E-state index is -1.08. The van der Waals surface area contributed by atoms with E-state index in [0.29, 0.717) is 5.69 Å². The van der Waals surface area contributed by atoms with Gasteiger partial charge in [-0.3, -0.25) is 14.9 Å². The average molecular weight is 494 g/mol. The second kappa shape index (κ2) is 10.1. The summed E-state index contributed by atoms with van der Waals surface area (Å²) in [7, 11) is 0. The van der Waals surface area contributed by atoms with Gasteiger partial charge in [-0.2, -0.15) is 0 Å². The van der Waals surface area contributed by atoms with Crippen molar-refractivity contribution in [1.82, 2.24) is 25.2 Å². The normalized spacial score (nSPS) is 16.0. The highest BCUT2D eigenvalue weighted by atomic mass is 16.3. The molecule has 6 heteroatoms. The molecule has 1 aliphatic heterocycles. The third-order valence-corrected chi connectivity index (χ3v) is 6.80. The number of rotatable bonds is 6. The Labute approximate surface area is 219 Å². The van der Waals surface area contributed by atoms with Crippen LogP contribution in [0.1, 0.15) is 39.0 Å². The predicted molar refractivity (Wildman–Crippen MR) is 149 cm³/mol. The van der Waals surface area contributed by atoms with Crippen molar-refractivity contribution in [3.63, 3.8) is 0 Å². The van der Waals surface area contributed by atoms with Gasteiger partial charge in [0, 0.05) is 61.4 Å². The smallest absolute Gasteiger partial charge is 0.101 e. The molecule has 190 valence electrons. The lowest BCUT2D eigenvalue weighted by atomic mass is 9.96. The fraction of sp³-hybridized carbons (Fsp3) is 0.323. The van der Waals surface area contributed by atoms with Crippen LogP contribution in [0, 0.1) is 0 Å². The van der Waals surface area contributed by atoms with Crippen LogP contribution in [0.2, 0.25) is 0 Å². The highest BCUT2D eigenvalue weighted by Gasteiger charge is 2.25. The summed E-state index contributed by atoms with van der Waals surface area (Å²) in [5.74, 6) is 0. The van der Waals surface area contributed by atoms with Crippen LogP contribution >= 0.6 is 0 Å². The number of aromatic nitrogens is 3. The molecule has 3 aromatic heterocycles. The Hall–Kier alpha value is -3.45. The Balaban J connectivity index is 1.42. The highest BCUT2D eigenvalue weighted by molar-refractivity contribution is 5.74. The molecular formula is C31H35N5O. The van der Waals surface area contributed by atoms with Gasteiger partial charge in [0.25, 0.3) is 0 Å². The molecule has 1 saturated heterocycles. The van der Waals surface area contributed by atoms with Crippen molar-refractivity contribution in [1.29, 1.82) is 0 Å². The number of hydrogen-bond acceptors (Lipinski definition) is 6. The molecule has 4 aromatic rings. The molecule has 5 rings (SSSR count). The Morgan fingerprint density at radius 1 is 0.919 bits per heavy atom. The molecule has 0 aliphatic carbocycles. The Bertz CT molecular complexity index is 1360. The van der Waals surface area contributed by atoms with Crippen molar-refractivity contribution in [3.05, 3.63) is 90.5 Å². The van der Waals surface area contributed by atoms with E-state index in [4.69, 9.17) is 4.98 Å². The van der Waals surface area contributed by atoms with Crippen molar-refractivity contribution in [2.45, 2.75) is 45.4 Å². The third kappa shape index (κ3) is 6.10. The van der Waals surface area contributed by atoms with Crippen LogP contribution in [0.25, 0.3) is 33.6 Å². The molecule has 37 heavy (non-hydrogen) atoms. The van der Waals surface area contributed by atoms with E-state index in [9.17, 15) is 5.11 Å². The number of piperazine rings is 1. The minimum absolute atomic E-state index is 0.152. The van der Waals surface area contributed by atoms with Gasteiger partial charge in [-0.05, 0) is 74.7 Å². The standard InChI is InChI=1S/C31H35N5O/c1-30(2)21-36(14-13-34-30)20-22-8-10-23(11-9-22)25-15-26(19-32-18-25)24-16-28(27-7-5-6-12-33-27)35-29(17-24)31(3,4)37/h5-12,15-19,34,37H,13-14,20-21H2,1-4H3. The number of pyridine rings is 3. The molecule has 0 bridgehead atoms. The fourth-order valence-corrected chi connectivity index (χ4v) is 4.85. The van der Waals surface area contributed by atoms with Crippen LogP contribution in [0.3, 0.4) is 0 Å².